The van der Waals surface area contributed by atoms with Crippen molar-refractivity contribution < 1.29 is 13.2 Å². The molecule has 1 aromatic carbocycles. The van der Waals surface area contributed by atoms with Gasteiger partial charge in [0.15, 0.2) is 0 Å². The monoisotopic (exact) mass is 254 g/mol. The van der Waals surface area contributed by atoms with Gasteiger partial charge in [-0.25, -0.2) is 0 Å². The van der Waals surface area contributed by atoms with E-state index in [1.54, 1.807) is 24.0 Å². The first kappa shape index (κ1) is 12.7. The van der Waals surface area contributed by atoms with Crippen molar-refractivity contribution in [2.45, 2.75) is 19.0 Å². The van der Waals surface area contributed by atoms with Gasteiger partial charge in [-0.3, -0.25) is 4.68 Å². The Morgan fingerprint density at radius 2 is 1.83 bits per heavy atom. The summed E-state index contributed by atoms with van der Waals surface area (Å²) < 4.78 is 40.0. The van der Waals surface area contributed by atoms with Gasteiger partial charge in [0.1, 0.15) is 0 Å². The first-order chi connectivity index (χ1) is 8.48. The Bertz CT molecular complexity index is 529. The molecule has 0 atom stereocenters. The number of nitrogens with zero attached hydrogens (tertiary/aromatic N) is 2. The lowest BCUT2D eigenvalue weighted by atomic mass is 10.0. The summed E-state index contributed by atoms with van der Waals surface area (Å²) in [6.07, 6.45) is -1.74. The second-order valence-electron chi connectivity index (χ2n) is 4.10. The Balaban J connectivity index is 2.17. The second-order valence-corrected chi connectivity index (χ2v) is 4.10. The maximum Gasteiger partial charge on any atom is 0.416 e. The molecule has 0 unspecified atom stereocenters. The predicted molar refractivity (Wildman–Crippen MR) is 62.1 cm³/mol. The van der Waals surface area contributed by atoms with Crippen molar-refractivity contribution in [2.24, 2.45) is 7.05 Å². The molecule has 2 nitrogen and oxygen atoms in total. The van der Waals surface area contributed by atoms with E-state index in [0.29, 0.717) is 18.4 Å². The molecule has 0 amide bonds. The molecule has 0 spiro atoms. The zero-order chi connectivity index (χ0) is 13.2. The zero-order valence-corrected chi connectivity index (χ0v) is 9.91. The summed E-state index contributed by atoms with van der Waals surface area (Å²) in [5.41, 5.74) is 0.699. The molecule has 0 fully saturated rings. The number of hydrogen-bond acceptors (Lipinski definition) is 1. The second kappa shape index (κ2) is 4.84. The van der Waals surface area contributed by atoms with Crippen LogP contribution in [0.1, 0.15) is 16.8 Å². The summed E-state index contributed by atoms with van der Waals surface area (Å²) in [5.74, 6) is 0. The molecule has 0 saturated carbocycles. The van der Waals surface area contributed by atoms with E-state index in [9.17, 15) is 13.2 Å². The van der Waals surface area contributed by atoms with Crippen LogP contribution in [0, 0.1) is 0 Å². The summed E-state index contributed by atoms with van der Waals surface area (Å²) in [4.78, 5) is 0. The van der Waals surface area contributed by atoms with Crippen LogP contribution < -0.4 is 0 Å². The third-order valence-electron chi connectivity index (χ3n) is 2.90. The lowest BCUT2D eigenvalue weighted by molar-refractivity contribution is -0.138. The zero-order valence-electron chi connectivity index (χ0n) is 9.91. The van der Waals surface area contributed by atoms with Crippen LogP contribution in [-0.4, -0.2) is 9.78 Å². The summed E-state index contributed by atoms with van der Waals surface area (Å²) in [7, 11) is 1.78. The molecule has 0 aliphatic heterocycles. The van der Waals surface area contributed by atoms with E-state index < -0.39 is 11.7 Å². The quantitative estimate of drug-likeness (QED) is 0.822. The molecule has 2 aromatic rings. The molecular formula is C13H13F3N2. The van der Waals surface area contributed by atoms with Crippen LogP contribution in [0.2, 0.25) is 0 Å². The van der Waals surface area contributed by atoms with Crippen LogP contribution in [-0.2, 0) is 26.1 Å². The third-order valence-corrected chi connectivity index (χ3v) is 2.90. The first-order valence-electron chi connectivity index (χ1n) is 5.60. The van der Waals surface area contributed by atoms with Gasteiger partial charge in [-0.2, -0.15) is 18.3 Å². The molecule has 0 bridgehead atoms. The molecule has 96 valence electrons. The summed E-state index contributed by atoms with van der Waals surface area (Å²) in [5, 5.41) is 3.99. The number of hydrogen-bond donors (Lipinski definition) is 0. The van der Waals surface area contributed by atoms with Crippen LogP contribution in [0.4, 0.5) is 13.2 Å². The van der Waals surface area contributed by atoms with Gasteiger partial charge >= 0.3 is 6.18 Å². The van der Waals surface area contributed by atoms with E-state index in [2.05, 4.69) is 5.10 Å². The highest BCUT2D eigenvalue weighted by atomic mass is 19.4. The van der Waals surface area contributed by atoms with Crippen LogP contribution >= 0.6 is 0 Å². The minimum atomic E-state index is -4.29. The van der Waals surface area contributed by atoms with E-state index in [1.807, 2.05) is 6.07 Å². The van der Waals surface area contributed by atoms with E-state index in [1.165, 1.54) is 12.1 Å². The SMILES string of the molecule is Cn1nccc1CCc1ccccc1C(F)(F)F. The molecule has 0 saturated heterocycles. The maximum atomic E-state index is 12.8. The van der Waals surface area contributed by atoms with E-state index >= 15 is 0 Å². The highest BCUT2D eigenvalue weighted by Gasteiger charge is 2.32. The Kier molecular flexibility index (Phi) is 3.41. The lowest BCUT2D eigenvalue weighted by Gasteiger charge is -2.12. The maximum absolute atomic E-state index is 12.8. The van der Waals surface area contributed by atoms with Gasteiger partial charge in [0.05, 0.1) is 5.56 Å². The smallest absolute Gasteiger partial charge is 0.273 e. The molecular weight excluding hydrogens is 241 g/mol. The highest BCUT2D eigenvalue weighted by molar-refractivity contribution is 5.30. The van der Waals surface area contributed by atoms with Crippen molar-refractivity contribution in [3.63, 3.8) is 0 Å². The van der Waals surface area contributed by atoms with Crippen LogP contribution in [0.15, 0.2) is 36.5 Å². The number of rotatable bonds is 3. The number of alkyl halides is 3. The number of halogens is 3. The molecule has 1 heterocycles. The van der Waals surface area contributed by atoms with Crippen molar-refractivity contribution in [3.05, 3.63) is 53.3 Å². The minimum absolute atomic E-state index is 0.325. The average Bonchev–Trinajstić information content (AvgIpc) is 2.71. The number of aromatic nitrogens is 2. The summed E-state index contributed by atoms with van der Waals surface area (Å²) in [6, 6.07) is 7.51. The fourth-order valence-corrected chi connectivity index (χ4v) is 1.92. The minimum Gasteiger partial charge on any atom is -0.273 e. The van der Waals surface area contributed by atoms with Gasteiger partial charge in [-0.15, -0.1) is 0 Å². The van der Waals surface area contributed by atoms with Gasteiger partial charge < -0.3 is 0 Å². The molecule has 1 aromatic heterocycles. The van der Waals surface area contributed by atoms with Crippen LogP contribution in [0.5, 0.6) is 0 Å². The van der Waals surface area contributed by atoms with Gasteiger partial charge in [0.25, 0.3) is 0 Å². The fraction of sp³-hybridized carbons (Fsp3) is 0.308. The largest absolute Gasteiger partial charge is 0.416 e. The molecule has 2 rings (SSSR count). The first-order valence-corrected chi connectivity index (χ1v) is 5.60. The number of aryl methyl sites for hydroxylation is 3. The van der Waals surface area contributed by atoms with Gasteiger partial charge in [0.2, 0.25) is 0 Å². The highest BCUT2D eigenvalue weighted by Crippen LogP contribution is 2.32. The van der Waals surface area contributed by atoms with Crippen LogP contribution in [0.3, 0.4) is 0 Å². The molecule has 0 aliphatic rings. The lowest BCUT2D eigenvalue weighted by Crippen LogP contribution is -2.10. The summed E-state index contributed by atoms with van der Waals surface area (Å²) >= 11 is 0. The normalized spacial score (nSPS) is 11.8. The molecule has 0 radical (unpaired) electrons. The van der Waals surface area contributed by atoms with Crippen molar-refractivity contribution in [3.8, 4) is 0 Å². The van der Waals surface area contributed by atoms with Crippen molar-refractivity contribution in [1.29, 1.82) is 0 Å². The Morgan fingerprint density at radius 3 is 2.44 bits per heavy atom. The standard InChI is InChI=1S/C13H13F3N2/c1-18-11(8-9-17-18)7-6-10-4-2-3-5-12(10)13(14,15)16/h2-5,8-9H,6-7H2,1H3. The summed E-state index contributed by atoms with van der Waals surface area (Å²) in [6.45, 7) is 0. The fourth-order valence-electron chi connectivity index (χ4n) is 1.92. The van der Waals surface area contributed by atoms with Crippen LogP contribution in [0.25, 0.3) is 0 Å². The van der Waals surface area contributed by atoms with Gasteiger partial charge in [0, 0.05) is 18.9 Å². The van der Waals surface area contributed by atoms with E-state index in [4.69, 9.17) is 0 Å². The average molecular weight is 254 g/mol. The van der Waals surface area contributed by atoms with E-state index in [0.717, 1.165) is 11.8 Å². The van der Waals surface area contributed by atoms with Gasteiger partial charge in [-0.05, 0) is 30.5 Å². The molecule has 18 heavy (non-hydrogen) atoms. The van der Waals surface area contributed by atoms with E-state index in [-0.39, 0.29) is 0 Å². The Hall–Kier alpha value is -1.78. The Morgan fingerprint density at radius 1 is 1.11 bits per heavy atom. The van der Waals surface area contributed by atoms with Crippen molar-refractivity contribution in [2.75, 3.05) is 0 Å². The molecule has 0 N–H and O–H groups in total. The predicted octanol–water partition coefficient (Wildman–Crippen LogP) is 3.22. The molecule has 5 heteroatoms. The molecule has 0 aliphatic carbocycles. The van der Waals surface area contributed by atoms with Crippen molar-refractivity contribution in [1.82, 2.24) is 9.78 Å². The topological polar surface area (TPSA) is 17.8 Å². The van der Waals surface area contributed by atoms with Gasteiger partial charge in [-0.1, -0.05) is 18.2 Å². The van der Waals surface area contributed by atoms with Crippen molar-refractivity contribution >= 4 is 0 Å². The number of benzene rings is 1. The Labute approximate surface area is 103 Å². The third kappa shape index (κ3) is 2.72.